The zero-order valence-electron chi connectivity index (χ0n) is 13.8. The van der Waals surface area contributed by atoms with Crippen LogP contribution in [0.4, 0.5) is 10.5 Å². The molecule has 24 heavy (non-hydrogen) atoms. The highest BCUT2D eigenvalue weighted by atomic mass is 16.5. The van der Waals surface area contributed by atoms with Gasteiger partial charge < -0.3 is 20.3 Å². The quantitative estimate of drug-likeness (QED) is 0.798. The molecule has 1 aliphatic rings. The highest BCUT2D eigenvalue weighted by Gasteiger charge is 2.16. The molecule has 0 radical (unpaired) electrons. The van der Waals surface area contributed by atoms with E-state index in [1.165, 1.54) is 0 Å². The molecule has 0 bridgehead atoms. The smallest absolute Gasteiger partial charge is 0.319 e. The summed E-state index contributed by atoms with van der Waals surface area (Å²) in [7, 11) is 2.07. The molecule has 1 aromatic heterocycles. The summed E-state index contributed by atoms with van der Waals surface area (Å²) in [5.74, 6) is 0.305. The SMILES string of the molecule is CN1CCOC[C@H](CNC(=O)Nc2cccc(-c3ccn[nH]3)c2)C1. The summed E-state index contributed by atoms with van der Waals surface area (Å²) in [4.78, 5) is 14.4. The third-order valence-electron chi connectivity index (χ3n) is 4.02. The fraction of sp³-hybridized carbons (Fsp3) is 0.412. The average molecular weight is 329 g/mol. The largest absolute Gasteiger partial charge is 0.380 e. The summed E-state index contributed by atoms with van der Waals surface area (Å²) in [5, 5.41) is 12.7. The monoisotopic (exact) mass is 329 g/mol. The summed E-state index contributed by atoms with van der Waals surface area (Å²) in [6.45, 7) is 3.88. The van der Waals surface area contributed by atoms with Gasteiger partial charge >= 0.3 is 6.03 Å². The third-order valence-corrected chi connectivity index (χ3v) is 4.02. The van der Waals surface area contributed by atoms with Crippen molar-refractivity contribution >= 4 is 11.7 Å². The molecule has 3 N–H and O–H groups in total. The summed E-state index contributed by atoms with van der Waals surface area (Å²) in [5.41, 5.74) is 2.63. The molecular weight excluding hydrogens is 306 g/mol. The van der Waals surface area contributed by atoms with E-state index in [4.69, 9.17) is 4.74 Å². The van der Waals surface area contributed by atoms with Crippen LogP contribution in [0.3, 0.4) is 0 Å². The molecule has 1 aromatic carbocycles. The number of H-pyrrole nitrogens is 1. The van der Waals surface area contributed by atoms with Gasteiger partial charge in [0.15, 0.2) is 0 Å². The number of urea groups is 1. The number of amides is 2. The molecule has 0 saturated carbocycles. The van der Waals surface area contributed by atoms with Gasteiger partial charge in [0.25, 0.3) is 0 Å². The molecule has 7 nitrogen and oxygen atoms in total. The van der Waals surface area contributed by atoms with E-state index in [0.29, 0.717) is 19.1 Å². The number of hydrogen-bond acceptors (Lipinski definition) is 4. The summed E-state index contributed by atoms with van der Waals surface area (Å²) < 4.78 is 5.56. The number of rotatable bonds is 4. The Kier molecular flexibility index (Phi) is 5.45. The van der Waals surface area contributed by atoms with Gasteiger partial charge in [-0.3, -0.25) is 5.10 Å². The van der Waals surface area contributed by atoms with Crippen LogP contribution in [0.5, 0.6) is 0 Å². The van der Waals surface area contributed by atoms with E-state index in [1.54, 1.807) is 6.20 Å². The van der Waals surface area contributed by atoms with Crippen LogP contribution in [0.2, 0.25) is 0 Å². The normalized spacial score (nSPS) is 18.8. The second-order valence-corrected chi connectivity index (χ2v) is 6.09. The maximum absolute atomic E-state index is 12.1. The maximum Gasteiger partial charge on any atom is 0.319 e. The van der Waals surface area contributed by atoms with E-state index in [-0.39, 0.29) is 6.03 Å². The molecule has 7 heteroatoms. The van der Waals surface area contributed by atoms with Gasteiger partial charge in [0.2, 0.25) is 0 Å². The van der Waals surface area contributed by atoms with Gasteiger partial charge in [-0.25, -0.2) is 4.79 Å². The molecule has 0 spiro atoms. The van der Waals surface area contributed by atoms with Gasteiger partial charge in [-0.2, -0.15) is 5.10 Å². The Bertz CT molecular complexity index is 659. The average Bonchev–Trinajstić information content (AvgIpc) is 3.03. The summed E-state index contributed by atoms with van der Waals surface area (Å²) in [6.07, 6.45) is 1.70. The highest BCUT2D eigenvalue weighted by molar-refractivity contribution is 5.90. The Hall–Kier alpha value is -2.38. The Morgan fingerprint density at radius 1 is 1.46 bits per heavy atom. The Labute approximate surface area is 141 Å². The number of aromatic amines is 1. The lowest BCUT2D eigenvalue weighted by Crippen LogP contribution is -2.37. The lowest BCUT2D eigenvalue weighted by atomic mass is 10.1. The van der Waals surface area contributed by atoms with Crippen LogP contribution in [-0.2, 0) is 4.74 Å². The second kappa shape index (κ2) is 7.94. The standard InChI is InChI=1S/C17H23N5O2/c1-22-7-8-24-12-13(11-22)10-18-17(23)20-15-4-2-3-14(9-15)16-5-6-19-21-16/h2-6,9,13H,7-8,10-12H2,1H3,(H,19,21)(H2,18,20,23)/t13-/m1/s1. The molecule has 1 fully saturated rings. The fourth-order valence-corrected chi connectivity index (χ4v) is 2.77. The minimum absolute atomic E-state index is 0.205. The van der Waals surface area contributed by atoms with E-state index in [2.05, 4.69) is 32.8 Å². The van der Waals surface area contributed by atoms with Crippen LogP contribution < -0.4 is 10.6 Å². The molecule has 3 rings (SSSR count). The molecule has 2 amide bonds. The van der Waals surface area contributed by atoms with Gasteiger partial charge in [0.1, 0.15) is 0 Å². The number of aromatic nitrogens is 2. The van der Waals surface area contributed by atoms with E-state index in [0.717, 1.165) is 36.6 Å². The van der Waals surface area contributed by atoms with Gasteiger partial charge in [0, 0.05) is 43.0 Å². The summed E-state index contributed by atoms with van der Waals surface area (Å²) in [6, 6.07) is 9.33. The minimum atomic E-state index is -0.205. The van der Waals surface area contributed by atoms with E-state index in [9.17, 15) is 4.79 Å². The summed E-state index contributed by atoms with van der Waals surface area (Å²) >= 11 is 0. The number of benzene rings is 1. The molecule has 1 saturated heterocycles. The first-order valence-corrected chi connectivity index (χ1v) is 8.11. The zero-order valence-corrected chi connectivity index (χ0v) is 13.8. The first-order chi connectivity index (χ1) is 11.7. The van der Waals surface area contributed by atoms with Crippen LogP contribution in [0.25, 0.3) is 11.3 Å². The molecule has 0 unspecified atom stereocenters. The van der Waals surface area contributed by atoms with Crippen molar-refractivity contribution in [3.8, 4) is 11.3 Å². The molecule has 2 heterocycles. The number of likely N-dealkylation sites (N-methyl/N-ethyl adjacent to an activating group) is 1. The van der Waals surface area contributed by atoms with Gasteiger partial charge in [-0.15, -0.1) is 0 Å². The van der Waals surface area contributed by atoms with Crippen LogP contribution in [0.1, 0.15) is 0 Å². The van der Waals surface area contributed by atoms with Crippen molar-refractivity contribution in [2.45, 2.75) is 0 Å². The topological polar surface area (TPSA) is 82.3 Å². The molecular formula is C17H23N5O2. The number of hydrogen-bond donors (Lipinski definition) is 3. The minimum Gasteiger partial charge on any atom is -0.380 e. The van der Waals surface area contributed by atoms with Crippen molar-refractivity contribution in [2.75, 3.05) is 45.2 Å². The predicted molar refractivity (Wildman–Crippen MR) is 92.9 cm³/mol. The molecule has 1 atom stereocenters. The van der Waals surface area contributed by atoms with E-state index >= 15 is 0 Å². The van der Waals surface area contributed by atoms with Crippen molar-refractivity contribution in [2.24, 2.45) is 5.92 Å². The number of carbonyl (C=O) groups is 1. The Morgan fingerprint density at radius 3 is 3.21 bits per heavy atom. The van der Waals surface area contributed by atoms with E-state index in [1.807, 2.05) is 30.3 Å². The van der Waals surface area contributed by atoms with Gasteiger partial charge in [-0.1, -0.05) is 12.1 Å². The number of anilines is 1. The molecule has 0 aliphatic carbocycles. The highest BCUT2D eigenvalue weighted by Crippen LogP contribution is 2.20. The van der Waals surface area contributed by atoms with Gasteiger partial charge in [-0.05, 0) is 25.2 Å². The Morgan fingerprint density at radius 2 is 2.38 bits per heavy atom. The first kappa shape index (κ1) is 16.5. The van der Waals surface area contributed by atoms with Crippen LogP contribution in [0.15, 0.2) is 36.5 Å². The first-order valence-electron chi connectivity index (χ1n) is 8.11. The zero-order chi connectivity index (χ0) is 16.8. The fourth-order valence-electron chi connectivity index (χ4n) is 2.77. The Balaban J connectivity index is 1.52. The second-order valence-electron chi connectivity index (χ2n) is 6.09. The van der Waals surface area contributed by atoms with Crippen molar-refractivity contribution < 1.29 is 9.53 Å². The van der Waals surface area contributed by atoms with Crippen LogP contribution in [-0.4, -0.2) is 61.0 Å². The lowest BCUT2D eigenvalue weighted by molar-refractivity contribution is 0.122. The lowest BCUT2D eigenvalue weighted by Gasteiger charge is -2.19. The molecule has 1 aliphatic heterocycles. The number of ether oxygens (including phenoxy) is 1. The van der Waals surface area contributed by atoms with E-state index < -0.39 is 0 Å². The van der Waals surface area contributed by atoms with Gasteiger partial charge in [0.05, 0.1) is 18.9 Å². The van der Waals surface area contributed by atoms with Crippen molar-refractivity contribution in [1.82, 2.24) is 20.4 Å². The van der Waals surface area contributed by atoms with Crippen LogP contribution >= 0.6 is 0 Å². The number of nitrogens with one attached hydrogen (secondary N) is 3. The number of nitrogens with zero attached hydrogens (tertiary/aromatic N) is 2. The van der Waals surface area contributed by atoms with Crippen molar-refractivity contribution in [3.63, 3.8) is 0 Å². The maximum atomic E-state index is 12.1. The predicted octanol–water partition coefficient (Wildman–Crippen LogP) is 1.78. The third kappa shape index (κ3) is 4.56. The van der Waals surface area contributed by atoms with Crippen molar-refractivity contribution in [1.29, 1.82) is 0 Å². The molecule has 2 aromatic rings. The van der Waals surface area contributed by atoms with Crippen LogP contribution in [0, 0.1) is 5.92 Å². The molecule has 128 valence electrons. The number of carbonyl (C=O) groups excluding carboxylic acids is 1. The van der Waals surface area contributed by atoms with Crippen molar-refractivity contribution in [3.05, 3.63) is 36.5 Å².